The summed E-state index contributed by atoms with van der Waals surface area (Å²) in [7, 11) is 1.54. The van der Waals surface area contributed by atoms with E-state index in [1.54, 1.807) is 52.1 Å². The van der Waals surface area contributed by atoms with Gasteiger partial charge in [0.05, 0.1) is 5.41 Å². The van der Waals surface area contributed by atoms with Crippen molar-refractivity contribution in [1.29, 1.82) is 0 Å². The van der Waals surface area contributed by atoms with Gasteiger partial charge in [-0.15, -0.1) is 0 Å². The quantitative estimate of drug-likeness (QED) is 0.862. The SMILES string of the molecule is CN1C(=O)C(C)(C)[C@@](C)(c2cc(Nc3cccc(F)c3)ccc2F)N=C1N. The van der Waals surface area contributed by atoms with Gasteiger partial charge in [-0.1, -0.05) is 6.07 Å². The van der Waals surface area contributed by atoms with Crippen LogP contribution < -0.4 is 11.1 Å². The fourth-order valence-corrected chi connectivity index (χ4v) is 3.28. The van der Waals surface area contributed by atoms with E-state index < -0.39 is 16.8 Å². The first-order valence-corrected chi connectivity index (χ1v) is 8.52. The number of rotatable bonds is 3. The van der Waals surface area contributed by atoms with Crippen molar-refractivity contribution in [2.75, 3.05) is 12.4 Å². The van der Waals surface area contributed by atoms with E-state index in [1.807, 2.05) is 0 Å². The lowest BCUT2D eigenvalue weighted by Crippen LogP contribution is -2.58. The maximum absolute atomic E-state index is 14.8. The summed E-state index contributed by atoms with van der Waals surface area (Å²) in [6.07, 6.45) is 0. The zero-order valence-electron chi connectivity index (χ0n) is 15.7. The predicted molar refractivity (Wildman–Crippen MR) is 102 cm³/mol. The van der Waals surface area contributed by atoms with Crippen molar-refractivity contribution in [3.05, 3.63) is 59.7 Å². The molecular formula is C20H22F2N4O. The van der Waals surface area contributed by atoms with Crippen LogP contribution in [0.1, 0.15) is 26.3 Å². The number of benzene rings is 2. The Labute approximate surface area is 156 Å². The third-order valence-corrected chi connectivity index (χ3v) is 5.34. The third kappa shape index (κ3) is 3.03. The Morgan fingerprint density at radius 1 is 1.07 bits per heavy atom. The van der Waals surface area contributed by atoms with E-state index in [0.29, 0.717) is 11.4 Å². The molecule has 1 amide bonds. The van der Waals surface area contributed by atoms with Crippen LogP contribution >= 0.6 is 0 Å². The van der Waals surface area contributed by atoms with Crippen molar-refractivity contribution >= 4 is 23.2 Å². The Hall–Kier alpha value is -2.96. The normalized spacial score (nSPS) is 21.8. The number of nitrogens with zero attached hydrogens (tertiary/aromatic N) is 2. The molecule has 1 heterocycles. The highest BCUT2D eigenvalue weighted by Gasteiger charge is 2.53. The molecular weight excluding hydrogens is 350 g/mol. The number of carbonyl (C=O) groups excluding carboxylic acids is 1. The number of hydrogen-bond donors (Lipinski definition) is 2. The van der Waals surface area contributed by atoms with Gasteiger partial charge in [-0.05, 0) is 57.2 Å². The van der Waals surface area contributed by atoms with Crippen molar-refractivity contribution in [3.8, 4) is 0 Å². The Balaban J connectivity index is 2.09. The van der Waals surface area contributed by atoms with Crippen molar-refractivity contribution in [2.45, 2.75) is 26.3 Å². The summed E-state index contributed by atoms with van der Waals surface area (Å²) in [5.41, 5.74) is 4.99. The minimum atomic E-state index is -1.20. The zero-order valence-corrected chi connectivity index (χ0v) is 15.7. The van der Waals surface area contributed by atoms with Gasteiger partial charge in [0.15, 0.2) is 5.96 Å². The molecule has 0 unspecified atom stereocenters. The van der Waals surface area contributed by atoms with Gasteiger partial charge in [0, 0.05) is 24.0 Å². The first-order chi connectivity index (χ1) is 12.6. The molecule has 0 radical (unpaired) electrons. The summed E-state index contributed by atoms with van der Waals surface area (Å²) in [5.74, 6) is -1.09. The summed E-state index contributed by atoms with van der Waals surface area (Å²) in [5, 5.41) is 3.05. The lowest BCUT2D eigenvalue weighted by atomic mass is 9.67. The summed E-state index contributed by atoms with van der Waals surface area (Å²) in [6.45, 7) is 5.12. The number of nitrogens with one attached hydrogen (secondary N) is 1. The van der Waals surface area contributed by atoms with E-state index in [-0.39, 0.29) is 23.2 Å². The van der Waals surface area contributed by atoms with Gasteiger partial charge in [0.25, 0.3) is 0 Å². The number of amides is 1. The molecule has 0 saturated carbocycles. The molecule has 1 atom stereocenters. The second kappa shape index (κ2) is 6.33. The minimum Gasteiger partial charge on any atom is -0.369 e. The van der Waals surface area contributed by atoms with Gasteiger partial charge >= 0.3 is 0 Å². The van der Waals surface area contributed by atoms with Gasteiger partial charge in [-0.2, -0.15) is 0 Å². The van der Waals surface area contributed by atoms with Crippen molar-refractivity contribution in [3.63, 3.8) is 0 Å². The van der Waals surface area contributed by atoms with Crippen LogP contribution in [0.3, 0.4) is 0 Å². The zero-order chi connectivity index (χ0) is 20.0. The second-order valence-electron chi connectivity index (χ2n) is 7.36. The van der Waals surface area contributed by atoms with E-state index in [0.717, 1.165) is 0 Å². The lowest BCUT2D eigenvalue weighted by molar-refractivity contribution is -0.140. The Kier molecular flexibility index (Phi) is 4.41. The molecule has 142 valence electrons. The molecule has 7 heteroatoms. The second-order valence-corrected chi connectivity index (χ2v) is 7.36. The highest BCUT2D eigenvalue weighted by atomic mass is 19.1. The van der Waals surface area contributed by atoms with Crippen molar-refractivity contribution in [2.24, 2.45) is 16.1 Å². The number of nitrogens with two attached hydrogens (primary N) is 1. The van der Waals surface area contributed by atoms with Crippen LogP contribution in [-0.2, 0) is 10.3 Å². The smallest absolute Gasteiger partial charge is 0.237 e. The number of carbonyl (C=O) groups is 1. The van der Waals surface area contributed by atoms with Gasteiger partial charge in [-0.3, -0.25) is 9.69 Å². The maximum atomic E-state index is 14.8. The molecule has 2 aromatic rings. The Bertz CT molecular complexity index is 941. The molecule has 0 aliphatic carbocycles. The van der Waals surface area contributed by atoms with E-state index in [1.165, 1.54) is 23.1 Å². The molecule has 5 nitrogen and oxygen atoms in total. The monoisotopic (exact) mass is 372 g/mol. The van der Waals surface area contributed by atoms with Crippen LogP contribution in [-0.4, -0.2) is 23.8 Å². The van der Waals surface area contributed by atoms with E-state index in [9.17, 15) is 13.6 Å². The third-order valence-electron chi connectivity index (χ3n) is 5.34. The number of halogens is 2. The van der Waals surface area contributed by atoms with Crippen LogP contribution in [0.25, 0.3) is 0 Å². The molecule has 27 heavy (non-hydrogen) atoms. The molecule has 3 N–H and O–H groups in total. The average molecular weight is 372 g/mol. The Morgan fingerprint density at radius 2 is 1.74 bits per heavy atom. The van der Waals surface area contributed by atoms with Crippen LogP contribution in [0.2, 0.25) is 0 Å². The number of guanidine groups is 1. The maximum Gasteiger partial charge on any atom is 0.237 e. The summed E-state index contributed by atoms with van der Waals surface area (Å²) in [6, 6.07) is 10.4. The molecule has 1 aliphatic rings. The van der Waals surface area contributed by atoms with E-state index in [2.05, 4.69) is 10.3 Å². The molecule has 0 saturated heterocycles. The standard InChI is InChI=1S/C20H22F2N4O/c1-19(2)17(27)26(4)18(23)25-20(19,3)15-11-14(8-9-16(15)22)24-13-7-5-6-12(21)10-13/h5-11,24H,1-4H3,(H2,23,25)/t20-/m1/s1. The van der Waals surface area contributed by atoms with Gasteiger partial charge in [0.1, 0.15) is 17.2 Å². The first kappa shape index (κ1) is 18.8. The highest BCUT2D eigenvalue weighted by Crippen LogP contribution is 2.47. The molecule has 0 spiro atoms. The van der Waals surface area contributed by atoms with Crippen molar-refractivity contribution < 1.29 is 13.6 Å². The lowest BCUT2D eigenvalue weighted by Gasteiger charge is -2.46. The summed E-state index contributed by atoms with van der Waals surface area (Å²) in [4.78, 5) is 18.5. The van der Waals surface area contributed by atoms with Crippen LogP contribution in [0, 0.1) is 17.0 Å². The minimum absolute atomic E-state index is 0.0321. The Morgan fingerprint density at radius 3 is 2.41 bits per heavy atom. The average Bonchev–Trinajstić information content (AvgIpc) is 2.60. The fraction of sp³-hybridized carbons (Fsp3) is 0.300. The first-order valence-electron chi connectivity index (χ1n) is 8.52. The molecule has 1 aliphatic heterocycles. The number of aliphatic imine (C=N–C) groups is 1. The van der Waals surface area contributed by atoms with Gasteiger partial charge < -0.3 is 11.1 Å². The molecule has 2 aromatic carbocycles. The highest BCUT2D eigenvalue weighted by molar-refractivity contribution is 6.01. The topological polar surface area (TPSA) is 70.7 Å². The molecule has 3 rings (SSSR count). The van der Waals surface area contributed by atoms with Crippen molar-refractivity contribution in [1.82, 2.24) is 4.90 Å². The van der Waals surface area contributed by atoms with Crippen LogP contribution in [0.5, 0.6) is 0 Å². The predicted octanol–water partition coefficient (Wildman–Crippen LogP) is 3.74. The number of anilines is 2. The molecule has 0 fully saturated rings. The van der Waals surface area contributed by atoms with Crippen LogP contribution in [0.4, 0.5) is 20.2 Å². The van der Waals surface area contributed by atoms with Gasteiger partial charge in [0.2, 0.25) is 5.91 Å². The van der Waals surface area contributed by atoms with E-state index in [4.69, 9.17) is 5.73 Å². The van der Waals surface area contributed by atoms with Gasteiger partial charge in [-0.25, -0.2) is 13.8 Å². The molecule has 0 bridgehead atoms. The molecule has 0 aromatic heterocycles. The fourth-order valence-electron chi connectivity index (χ4n) is 3.28. The summed E-state index contributed by atoms with van der Waals surface area (Å²) >= 11 is 0. The summed E-state index contributed by atoms with van der Waals surface area (Å²) < 4.78 is 28.2. The number of hydrogen-bond acceptors (Lipinski definition) is 4. The van der Waals surface area contributed by atoms with Crippen LogP contribution in [0.15, 0.2) is 47.5 Å². The van der Waals surface area contributed by atoms with E-state index >= 15 is 0 Å². The largest absolute Gasteiger partial charge is 0.369 e.